The molecule has 0 bridgehead atoms. The Morgan fingerprint density at radius 1 is 0.951 bits per heavy atom. The van der Waals surface area contributed by atoms with Gasteiger partial charge in [-0.25, -0.2) is 4.79 Å². The maximum absolute atomic E-state index is 12.6. The molecule has 1 aliphatic heterocycles. The molecule has 0 N–H and O–H groups in total. The van der Waals surface area contributed by atoms with E-state index in [1.807, 2.05) is 60.3 Å². The van der Waals surface area contributed by atoms with Gasteiger partial charge in [0.1, 0.15) is 11.4 Å². The Morgan fingerprint density at radius 2 is 1.51 bits per heavy atom. The summed E-state index contributed by atoms with van der Waals surface area (Å²) in [5, 5.41) is 0. The predicted molar refractivity (Wildman–Crippen MR) is 166 cm³/mol. The summed E-state index contributed by atoms with van der Waals surface area (Å²) in [6.07, 6.45) is 3.74. The zero-order valence-electron chi connectivity index (χ0n) is 27.8. The van der Waals surface area contributed by atoms with E-state index in [-0.39, 0.29) is 17.4 Å². The molecule has 1 atom stereocenters. The van der Waals surface area contributed by atoms with E-state index in [0.717, 1.165) is 38.0 Å². The molecule has 1 aromatic carbocycles. The van der Waals surface area contributed by atoms with Crippen LogP contribution in [0, 0.1) is 12.8 Å². The standard InChI is InChI=1S/C21H34N2O2.C9H10F2O.2C2H6/c1-15-7-8-16(2)18(13-17(15)3)22-11-12-23(21(14-22)9-10-21)19(24)25-20(4,5)6;1-7-3-5-8(6-4-7)12-9(2,10)11;2*1-2/h13,15H,7-12,14H2,1-6H3;3-6H,1-2H3;2*1-2H3. The highest BCUT2D eigenvalue weighted by atomic mass is 19.3. The zero-order chi connectivity index (χ0) is 31.6. The second kappa shape index (κ2) is 15.6. The highest BCUT2D eigenvalue weighted by Crippen LogP contribution is 2.46. The maximum atomic E-state index is 12.6. The molecule has 1 unspecified atom stereocenters. The lowest BCUT2D eigenvalue weighted by Crippen LogP contribution is -2.57. The van der Waals surface area contributed by atoms with Gasteiger partial charge < -0.3 is 14.4 Å². The summed E-state index contributed by atoms with van der Waals surface area (Å²) >= 11 is 0. The van der Waals surface area contributed by atoms with Crippen LogP contribution in [0.4, 0.5) is 13.6 Å². The monoisotopic (exact) mass is 578 g/mol. The molecule has 0 radical (unpaired) electrons. The minimum Gasteiger partial charge on any atom is -0.444 e. The molecule has 234 valence electrons. The molecule has 1 heterocycles. The molecular formula is C34H56F2N2O3. The number of hydrogen-bond acceptors (Lipinski definition) is 4. The molecule has 5 nitrogen and oxygen atoms in total. The summed E-state index contributed by atoms with van der Waals surface area (Å²) in [6.45, 7) is 25.9. The van der Waals surface area contributed by atoms with Crippen molar-refractivity contribution in [2.24, 2.45) is 5.92 Å². The van der Waals surface area contributed by atoms with Gasteiger partial charge >= 0.3 is 12.2 Å². The van der Waals surface area contributed by atoms with E-state index in [2.05, 4.69) is 36.5 Å². The number of benzene rings is 1. The third-order valence-electron chi connectivity index (χ3n) is 7.28. The smallest absolute Gasteiger partial charge is 0.410 e. The van der Waals surface area contributed by atoms with Crippen LogP contribution in [0.2, 0.25) is 0 Å². The normalized spacial score (nSPS) is 19.8. The Balaban J connectivity index is 0.000000441. The van der Waals surface area contributed by atoms with Gasteiger partial charge in [0.2, 0.25) is 0 Å². The first-order chi connectivity index (χ1) is 19.1. The number of carbonyl (C=O) groups excluding carboxylic acids is 1. The average molecular weight is 579 g/mol. The van der Waals surface area contributed by atoms with E-state index in [1.54, 1.807) is 12.1 Å². The fourth-order valence-corrected chi connectivity index (χ4v) is 4.80. The molecule has 3 aliphatic rings. The second-order valence-electron chi connectivity index (χ2n) is 12.0. The number of alkyl halides is 2. The molecule has 41 heavy (non-hydrogen) atoms. The van der Waals surface area contributed by atoms with Gasteiger partial charge in [0.05, 0.1) is 5.54 Å². The lowest BCUT2D eigenvalue weighted by molar-refractivity contribution is -0.158. The lowest BCUT2D eigenvalue weighted by Gasteiger charge is -2.44. The van der Waals surface area contributed by atoms with Gasteiger partial charge in [-0.2, -0.15) is 8.78 Å². The van der Waals surface area contributed by atoms with Crippen molar-refractivity contribution in [1.29, 1.82) is 0 Å². The Hall–Kier alpha value is -2.57. The number of aryl methyl sites for hydroxylation is 1. The Kier molecular flexibility index (Phi) is 13.9. The van der Waals surface area contributed by atoms with Crippen molar-refractivity contribution in [3.05, 3.63) is 52.7 Å². The first-order valence-electron chi connectivity index (χ1n) is 15.4. The number of ether oxygens (including phenoxy) is 2. The molecule has 1 saturated carbocycles. The van der Waals surface area contributed by atoms with Crippen LogP contribution in [0.3, 0.4) is 0 Å². The third kappa shape index (κ3) is 11.7. The van der Waals surface area contributed by atoms with Crippen molar-refractivity contribution < 1.29 is 23.0 Å². The fourth-order valence-electron chi connectivity index (χ4n) is 4.80. The van der Waals surface area contributed by atoms with Crippen molar-refractivity contribution in [2.45, 2.75) is 126 Å². The van der Waals surface area contributed by atoms with Gasteiger partial charge in [-0.3, -0.25) is 4.90 Å². The Morgan fingerprint density at radius 3 is 2.00 bits per heavy atom. The first kappa shape index (κ1) is 36.5. The predicted octanol–water partition coefficient (Wildman–Crippen LogP) is 9.76. The van der Waals surface area contributed by atoms with Crippen LogP contribution >= 0.6 is 0 Å². The lowest BCUT2D eigenvalue weighted by atomic mass is 9.98. The number of hydrogen-bond donors (Lipinski definition) is 0. The van der Waals surface area contributed by atoms with E-state index in [9.17, 15) is 13.6 Å². The molecule has 2 fully saturated rings. The van der Waals surface area contributed by atoms with E-state index in [1.165, 1.54) is 41.8 Å². The van der Waals surface area contributed by atoms with Crippen LogP contribution in [-0.2, 0) is 4.74 Å². The van der Waals surface area contributed by atoms with E-state index in [0.29, 0.717) is 12.8 Å². The molecular weight excluding hydrogens is 522 g/mol. The first-order valence-corrected chi connectivity index (χ1v) is 15.4. The molecule has 1 aromatic rings. The maximum Gasteiger partial charge on any atom is 0.410 e. The molecule has 1 saturated heterocycles. The van der Waals surface area contributed by atoms with Crippen LogP contribution in [-0.4, -0.2) is 52.8 Å². The highest BCUT2D eigenvalue weighted by Gasteiger charge is 2.54. The molecule has 2 aliphatic carbocycles. The number of allylic oxidation sites excluding steroid dienone is 3. The van der Waals surface area contributed by atoms with Crippen LogP contribution < -0.4 is 4.74 Å². The van der Waals surface area contributed by atoms with Crippen LogP contribution in [0.5, 0.6) is 5.75 Å². The van der Waals surface area contributed by atoms with Crippen molar-refractivity contribution in [3.8, 4) is 5.75 Å². The van der Waals surface area contributed by atoms with Crippen molar-refractivity contribution in [3.63, 3.8) is 0 Å². The number of carbonyl (C=O) groups is 1. The van der Waals surface area contributed by atoms with E-state index >= 15 is 0 Å². The Bertz CT molecular complexity index is 1020. The van der Waals surface area contributed by atoms with Crippen LogP contribution in [0.1, 0.15) is 107 Å². The molecule has 7 heteroatoms. The zero-order valence-corrected chi connectivity index (χ0v) is 27.8. The molecule has 4 rings (SSSR count). The number of piperazine rings is 1. The van der Waals surface area contributed by atoms with E-state index in [4.69, 9.17) is 4.74 Å². The van der Waals surface area contributed by atoms with Gasteiger partial charge in [-0.05, 0) is 96.9 Å². The summed E-state index contributed by atoms with van der Waals surface area (Å²) in [4.78, 5) is 17.1. The molecule has 1 amide bonds. The van der Waals surface area contributed by atoms with Crippen LogP contribution in [0.15, 0.2) is 47.2 Å². The van der Waals surface area contributed by atoms with Crippen LogP contribution in [0.25, 0.3) is 0 Å². The summed E-state index contributed by atoms with van der Waals surface area (Å²) in [5.41, 5.74) is 4.95. The Labute approximate surface area is 249 Å². The molecule has 1 spiro atoms. The average Bonchev–Trinajstić information content (AvgIpc) is 3.67. The number of nitrogens with zero attached hydrogens (tertiary/aromatic N) is 2. The number of rotatable bonds is 3. The van der Waals surface area contributed by atoms with Crippen molar-refractivity contribution >= 4 is 6.09 Å². The number of halogens is 2. The molecule has 0 aromatic heterocycles. The van der Waals surface area contributed by atoms with Gasteiger partial charge in [0.15, 0.2) is 0 Å². The SMILES string of the molecule is CC.CC.CC1=CC(N2CCN(C(=O)OC(C)(C)C)C3(CC3)C2)=C(C)CCC1C.Cc1ccc(OC(C)(F)F)cc1. The van der Waals surface area contributed by atoms with Gasteiger partial charge in [-0.1, -0.05) is 57.9 Å². The van der Waals surface area contributed by atoms with Crippen molar-refractivity contribution in [1.82, 2.24) is 9.80 Å². The number of amides is 1. The summed E-state index contributed by atoms with van der Waals surface area (Å²) in [6, 6.07) is 6.49. The third-order valence-corrected chi connectivity index (χ3v) is 7.28. The minimum atomic E-state index is -3.10. The topological polar surface area (TPSA) is 42.0 Å². The quantitative estimate of drug-likeness (QED) is 0.358. The van der Waals surface area contributed by atoms with Gasteiger partial charge in [-0.15, -0.1) is 0 Å². The van der Waals surface area contributed by atoms with Gasteiger partial charge in [0.25, 0.3) is 0 Å². The fraction of sp³-hybridized carbons (Fsp3) is 0.676. The summed E-state index contributed by atoms with van der Waals surface area (Å²) in [5.74, 6) is 0.846. The van der Waals surface area contributed by atoms with Crippen molar-refractivity contribution in [2.75, 3.05) is 19.6 Å². The highest BCUT2D eigenvalue weighted by molar-refractivity contribution is 5.70. The second-order valence-corrected chi connectivity index (χ2v) is 12.0. The van der Waals surface area contributed by atoms with E-state index < -0.39 is 11.7 Å². The van der Waals surface area contributed by atoms with Gasteiger partial charge in [0, 0.05) is 32.3 Å². The summed E-state index contributed by atoms with van der Waals surface area (Å²) < 4.78 is 34.5. The summed E-state index contributed by atoms with van der Waals surface area (Å²) in [7, 11) is 0. The largest absolute Gasteiger partial charge is 0.444 e. The minimum absolute atomic E-state index is 0.00642.